The van der Waals surface area contributed by atoms with Crippen LogP contribution in [0.3, 0.4) is 0 Å². The molecular weight excluding hydrogens is 122 g/mol. The monoisotopic (exact) mass is 135 g/mol. The van der Waals surface area contributed by atoms with Crippen LogP contribution in [0.1, 0.15) is 26.7 Å². The summed E-state index contributed by atoms with van der Waals surface area (Å²) in [5, 5.41) is 0. The van der Waals surface area contributed by atoms with Crippen LogP contribution in [-0.2, 0) is 0 Å². The average Bonchev–Trinajstić information content (AvgIpc) is 1.68. The minimum absolute atomic E-state index is 0.720. The molecule has 0 spiro atoms. The Bertz CT molecular complexity index is 41.8. The van der Waals surface area contributed by atoms with Crippen LogP contribution in [0, 0.1) is 5.92 Å². The maximum atomic E-state index is 5.28. The largest absolute Gasteiger partial charge is 0.233 e. The quantitative estimate of drug-likeness (QED) is 0.583. The summed E-state index contributed by atoms with van der Waals surface area (Å²) in [4.78, 5) is 2.62. The maximum Gasteiger partial charge on any atom is 0.0133 e. The van der Waals surface area contributed by atoms with Gasteiger partial charge in [-0.3, -0.25) is 0 Å². The highest BCUT2D eigenvalue weighted by Crippen LogP contribution is 2.02. The van der Waals surface area contributed by atoms with Crippen molar-refractivity contribution in [3.8, 4) is 0 Å². The summed E-state index contributed by atoms with van der Waals surface area (Å²) in [6.45, 7) is 5.30. The van der Waals surface area contributed by atoms with Crippen LogP contribution in [-0.4, -0.2) is 6.54 Å². The van der Waals surface area contributed by atoms with E-state index in [9.17, 15) is 0 Å². The second-order valence-electron chi connectivity index (χ2n) is 2.23. The summed E-state index contributed by atoms with van der Waals surface area (Å²) >= 11 is 5.28. The van der Waals surface area contributed by atoms with Gasteiger partial charge in [-0.2, -0.15) is 0 Å². The zero-order chi connectivity index (χ0) is 6.41. The minimum Gasteiger partial charge on any atom is -0.233 e. The first-order chi connectivity index (χ1) is 3.81. The summed E-state index contributed by atoms with van der Waals surface area (Å²) in [5.41, 5.74) is 0. The smallest absolute Gasteiger partial charge is 0.0133 e. The van der Waals surface area contributed by atoms with Crippen molar-refractivity contribution in [2.75, 3.05) is 6.54 Å². The molecular formula is C6H14ClN. The van der Waals surface area contributed by atoms with Crippen LogP contribution in [0.15, 0.2) is 0 Å². The van der Waals surface area contributed by atoms with E-state index in [2.05, 4.69) is 18.7 Å². The molecule has 0 heterocycles. The van der Waals surface area contributed by atoms with Crippen LogP contribution in [0.4, 0.5) is 0 Å². The van der Waals surface area contributed by atoms with Crippen LogP contribution in [0.2, 0.25) is 0 Å². The Balaban J connectivity index is 2.92. The second kappa shape index (κ2) is 5.39. The van der Waals surface area contributed by atoms with Gasteiger partial charge in [0.05, 0.1) is 0 Å². The lowest BCUT2D eigenvalue weighted by atomic mass is 10.1. The Morgan fingerprint density at radius 3 is 2.62 bits per heavy atom. The molecule has 50 valence electrons. The van der Waals surface area contributed by atoms with Crippen molar-refractivity contribution in [1.29, 1.82) is 0 Å². The number of hydrogen-bond acceptors (Lipinski definition) is 1. The van der Waals surface area contributed by atoms with Crippen molar-refractivity contribution in [2.24, 2.45) is 5.92 Å². The number of rotatable bonds is 4. The predicted octanol–water partition coefficient (Wildman–Crippen LogP) is 2.17. The van der Waals surface area contributed by atoms with E-state index < -0.39 is 0 Å². The molecule has 0 aromatic rings. The molecule has 1 nitrogen and oxygen atoms in total. The van der Waals surface area contributed by atoms with Crippen LogP contribution < -0.4 is 4.84 Å². The highest BCUT2D eigenvalue weighted by Gasteiger charge is 1.96. The normalized spacial score (nSPS) is 13.9. The van der Waals surface area contributed by atoms with Gasteiger partial charge in [0.2, 0.25) is 0 Å². The fourth-order valence-electron chi connectivity index (χ4n) is 0.727. The third-order valence-electron chi connectivity index (χ3n) is 1.21. The van der Waals surface area contributed by atoms with Crippen LogP contribution in [0.5, 0.6) is 0 Å². The van der Waals surface area contributed by atoms with Gasteiger partial charge in [-0.15, -0.1) is 0 Å². The Kier molecular flexibility index (Phi) is 5.56. The first-order valence-electron chi connectivity index (χ1n) is 3.14. The van der Waals surface area contributed by atoms with Crippen molar-refractivity contribution < 1.29 is 0 Å². The van der Waals surface area contributed by atoms with E-state index in [1.165, 1.54) is 12.8 Å². The molecule has 0 aromatic carbocycles. The first kappa shape index (κ1) is 8.25. The Labute approximate surface area is 56.5 Å². The zero-order valence-electron chi connectivity index (χ0n) is 5.58. The average molecular weight is 136 g/mol. The number of nitrogens with one attached hydrogen (secondary N) is 1. The molecule has 1 N–H and O–H groups in total. The lowest BCUT2D eigenvalue weighted by molar-refractivity contribution is 0.520. The van der Waals surface area contributed by atoms with Gasteiger partial charge in [0, 0.05) is 6.54 Å². The van der Waals surface area contributed by atoms with Gasteiger partial charge < -0.3 is 0 Å². The summed E-state index contributed by atoms with van der Waals surface area (Å²) in [6.07, 6.45) is 2.51. The molecule has 0 amide bonds. The van der Waals surface area contributed by atoms with Crippen molar-refractivity contribution in [3.63, 3.8) is 0 Å². The minimum atomic E-state index is 0.720. The summed E-state index contributed by atoms with van der Waals surface area (Å²) in [6, 6.07) is 0. The fraction of sp³-hybridized carbons (Fsp3) is 1.00. The van der Waals surface area contributed by atoms with Gasteiger partial charge in [0.1, 0.15) is 0 Å². The molecule has 0 radical (unpaired) electrons. The topological polar surface area (TPSA) is 12.0 Å². The second-order valence-corrected chi connectivity index (χ2v) is 2.50. The lowest BCUT2D eigenvalue weighted by Crippen LogP contribution is -2.10. The van der Waals surface area contributed by atoms with E-state index in [-0.39, 0.29) is 0 Å². The summed E-state index contributed by atoms with van der Waals surface area (Å²) in [7, 11) is 0. The molecule has 0 saturated carbocycles. The van der Waals surface area contributed by atoms with Gasteiger partial charge in [0.15, 0.2) is 0 Å². The van der Waals surface area contributed by atoms with Gasteiger partial charge >= 0.3 is 0 Å². The first-order valence-corrected chi connectivity index (χ1v) is 3.52. The van der Waals surface area contributed by atoms with Crippen molar-refractivity contribution in [2.45, 2.75) is 26.7 Å². The molecule has 0 fully saturated rings. The Hall–Kier alpha value is 0.250. The molecule has 8 heavy (non-hydrogen) atoms. The zero-order valence-corrected chi connectivity index (χ0v) is 6.33. The molecule has 0 rings (SSSR count). The molecule has 1 atom stereocenters. The van der Waals surface area contributed by atoms with Crippen LogP contribution in [0.25, 0.3) is 0 Å². The third kappa shape index (κ3) is 4.41. The van der Waals surface area contributed by atoms with E-state index in [0.717, 1.165) is 12.5 Å². The third-order valence-corrected chi connectivity index (χ3v) is 1.36. The Morgan fingerprint density at radius 2 is 2.25 bits per heavy atom. The summed E-state index contributed by atoms with van der Waals surface area (Å²) < 4.78 is 0. The van der Waals surface area contributed by atoms with E-state index in [0.29, 0.717) is 0 Å². The molecule has 0 saturated heterocycles. The number of halogens is 1. The molecule has 1 unspecified atom stereocenters. The van der Waals surface area contributed by atoms with E-state index in [1.807, 2.05) is 0 Å². The van der Waals surface area contributed by atoms with E-state index >= 15 is 0 Å². The van der Waals surface area contributed by atoms with E-state index in [1.54, 1.807) is 0 Å². The van der Waals surface area contributed by atoms with Crippen molar-refractivity contribution in [3.05, 3.63) is 0 Å². The molecule has 0 aliphatic carbocycles. The molecule has 0 aromatic heterocycles. The fourth-order valence-corrected chi connectivity index (χ4v) is 0.990. The highest BCUT2D eigenvalue weighted by atomic mass is 35.5. The number of hydrogen-bond donors (Lipinski definition) is 1. The van der Waals surface area contributed by atoms with Crippen molar-refractivity contribution in [1.82, 2.24) is 4.84 Å². The standard InChI is InChI=1S/C6H14ClN/c1-3-4-6(2)5-8-7/h6,8H,3-5H2,1-2H3. The summed E-state index contributed by atoms with van der Waals surface area (Å²) in [5.74, 6) is 0.720. The van der Waals surface area contributed by atoms with Gasteiger partial charge in [0.25, 0.3) is 0 Å². The highest BCUT2D eigenvalue weighted by molar-refractivity contribution is 6.13. The predicted molar refractivity (Wildman–Crippen MR) is 37.9 cm³/mol. The lowest BCUT2D eigenvalue weighted by Gasteiger charge is -2.05. The molecule has 0 aliphatic heterocycles. The Morgan fingerprint density at radius 1 is 1.62 bits per heavy atom. The van der Waals surface area contributed by atoms with Gasteiger partial charge in [-0.1, -0.05) is 20.3 Å². The SMILES string of the molecule is CCCC(C)CNCl. The van der Waals surface area contributed by atoms with Crippen LogP contribution >= 0.6 is 11.8 Å². The molecule has 0 bridgehead atoms. The van der Waals surface area contributed by atoms with E-state index in [4.69, 9.17) is 11.8 Å². The molecule has 0 aliphatic rings. The maximum absolute atomic E-state index is 5.28. The van der Waals surface area contributed by atoms with Crippen molar-refractivity contribution >= 4 is 11.8 Å². The van der Waals surface area contributed by atoms with Gasteiger partial charge in [-0.05, 0) is 24.1 Å². The van der Waals surface area contributed by atoms with Gasteiger partial charge in [-0.25, -0.2) is 4.84 Å². The molecule has 2 heteroatoms.